The van der Waals surface area contributed by atoms with Crippen molar-refractivity contribution < 1.29 is 14.4 Å². The molecule has 0 fully saturated rings. The van der Waals surface area contributed by atoms with E-state index < -0.39 is 22.8 Å². The van der Waals surface area contributed by atoms with Crippen molar-refractivity contribution in [2.75, 3.05) is 0 Å². The Morgan fingerprint density at radius 3 is 1.70 bits per heavy atom. The Bertz CT molecular complexity index is 968. The molecule has 132 valence electrons. The lowest BCUT2D eigenvalue weighted by Gasteiger charge is -2.34. The molecular weight excluding hydrogens is 336 g/mol. The topological polar surface area (TPSA) is 51.2 Å². The van der Waals surface area contributed by atoms with E-state index >= 15 is 0 Å². The normalized spacial score (nSPS) is 15.0. The van der Waals surface area contributed by atoms with Gasteiger partial charge in [0.25, 0.3) is 0 Å². The summed E-state index contributed by atoms with van der Waals surface area (Å²) < 4.78 is 0. The summed E-state index contributed by atoms with van der Waals surface area (Å²) in [7, 11) is 0. The van der Waals surface area contributed by atoms with Crippen molar-refractivity contribution in [3.05, 3.63) is 107 Å². The molecule has 0 N–H and O–H groups in total. The molecule has 0 radical (unpaired) electrons. The van der Waals surface area contributed by atoms with Gasteiger partial charge in [0.1, 0.15) is 0 Å². The second-order valence-electron chi connectivity index (χ2n) is 6.78. The second kappa shape index (κ2) is 6.76. The fourth-order valence-electron chi connectivity index (χ4n) is 3.83. The maximum absolute atomic E-state index is 13.5. The van der Waals surface area contributed by atoms with Gasteiger partial charge in [-0.1, -0.05) is 84.9 Å². The number of hydrogen-bond donors (Lipinski definition) is 0. The van der Waals surface area contributed by atoms with E-state index in [1.165, 1.54) is 0 Å². The number of aryl methyl sites for hydroxylation is 1. The lowest BCUT2D eigenvalue weighted by Crippen LogP contribution is -2.49. The van der Waals surface area contributed by atoms with E-state index in [1.54, 1.807) is 72.8 Å². The van der Waals surface area contributed by atoms with Crippen LogP contribution in [0, 0.1) is 5.41 Å². The molecule has 1 aliphatic carbocycles. The molecule has 1 aliphatic rings. The second-order valence-corrected chi connectivity index (χ2v) is 6.78. The maximum atomic E-state index is 13.5. The Morgan fingerprint density at radius 1 is 0.667 bits per heavy atom. The van der Waals surface area contributed by atoms with Crippen LogP contribution in [0.3, 0.4) is 0 Å². The van der Waals surface area contributed by atoms with Crippen molar-refractivity contribution in [2.45, 2.75) is 12.8 Å². The molecule has 0 saturated carbocycles. The van der Waals surface area contributed by atoms with Gasteiger partial charge in [0.05, 0.1) is 0 Å². The highest BCUT2D eigenvalue weighted by Crippen LogP contribution is 2.41. The first-order valence-corrected chi connectivity index (χ1v) is 8.97. The molecule has 3 aromatic carbocycles. The minimum atomic E-state index is -1.71. The van der Waals surface area contributed by atoms with E-state index in [4.69, 9.17) is 0 Å². The molecule has 0 saturated heterocycles. The quantitative estimate of drug-likeness (QED) is 0.509. The van der Waals surface area contributed by atoms with Crippen LogP contribution < -0.4 is 0 Å². The van der Waals surface area contributed by atoms with Gasteiger partial charge >= 0.3 is 0 Å². The van der Waals surface area contributed by atoms with Gasteiger partial charge in [-0.05, 0) is 18.4 Å². The minimum Gasteiger partial charge on any atom is -0.293 e. The summed E-state index contributed by atoms with van der Waals surface area (Å²) in [6.07, 6.45) is 0.698. The highest BCUT2D eigenvalue weighted by Gasteiger charge is 2.54. The van der Waals surface area contributed by atoms with Crippen LogP contribution >= 0.6 is 0 Å². The number of carbonyl (C=O) groups is 3. The molecule has 27 heavy (non-hydrogen) atoms. The molecule has 0 spiro atoms. The minimum absolute atomic E-state index is 0.185. The predicted molar refractivity (Wildman–Crippen MR) is 103 cm³/mol. The van der Waals surface area contributed by atoms with Crippen LogP contribution in [0.25, 0.3) is 0 Å². The summed E-state index contributed by atoms with van der Waals surface area (Å²) in [4.78, 5) is 40.6. The van der Waals surface area contributed by atoms with Crippen molar-refractivity contribution in [3.8, 4) is 0 Å². The Morgan fingerprint density at radius 2 is 1.15 bits per heavy atom. The molecule has 3 aromatic rings. The number of fused-ring (bicyclic) bond motifs is 1. The molecule has 3 heteroatoms. The van der Waals surface area contributed by atoms with Gasteiger partial charge in [-0.25, -0.2) is 0 Å². The number of rotatable bonds is 4. The average Bonchev–Trinajstić information content (AvgIpc) is 2.75. The monoisotopic (exact) mass is 354 g/mol. The zero-order valence-electron chi connectivity index (χ0n) is 14.7. The molecular formula is C24H18O3. The SMILES string of the molecule is O=C(c1ccccc1)C1(C(=O)c2ccccc2)CCc2ccccc2C1=O. The molecule has 0 bridgehead atoms. The fraction of sp³-hybridized carbons (Fsp3) is 0.125. The van der Waals surface area contributed by atoms with Crippen LogP contribution in [0.5, 0.6) is 0 Å². The number of carbonyl (C=O) groups excluding carboxylic acids is 3. The predicted octanol–water partition coefficient (Wildman–Crippen LogP) is 4.57. The Balaban J connectivity index is 1.90. The van der Waals surface area contributed by atoms with E-state index in [1.807, 2.05) is 12.1 Å². The first kappa shape index (κ1) is 17.1. The van der Waals surface area contributed by atoms with Gasteiger partial charge in [-0.2, -0.15) is 0 Å². The molecule has 0 aromatic heterocycles. The number of Topliss-reactive ketones (excluding diaryl/α,β-unsaturated/α-hetero) is 3. The van der Waals surface area contributed by atoms with Gasteiger partial charge in [-0.3, -0.25) is 14.4 Å². The van der Waals surface area contributed by atoms with Crippen LogP contribution in [-0.2, 0) is 6.42 Å². The zero-order chi connectivity index (χ0) is 18.9. The van der Waals surface area contributed by atoms with Gasteiger partial charge in [0, 0.05) is 16.7 Å². The number of hydrogen-bond acceptors (Lipinski definition) is 3. The maximum Gasteiger partial charge on any atom is 0.184 e. The Hall–Kier alpha value is -3.33. The summed E-state index contributed by atoms with van der Waals surface area (Å²) in [5.74, 6) is -1.24. The smallest absolute Gasteiger partial charge is 0.184 e. The Labute approximate surface area is 157 Å². The van der Waals surface area contributed by atoms with Gasteiger partial charge in [0.2, 0.25) is 0 Å². The van der Waals surface area contributed by atoms with Crippen molar-refractivity contribution in [3.63, 3.8) is 0 Å². The summed E-state index contributed by atoms with van der Waals surface area (Å²) in [6, 6.07) is 24.5. The van der Waals surface area contributed by atoms with Gasteiger partial charge in [0.15, 0.2) is 22.8 Å². The summed E-state index contributed by atoms with van der Waals surface area (Å²) in [6.45, 7) is 0. The molecule has 3 nitrogen and oxygen atoms in total. The summed E-state index contributed by atoms with van der Waals surface area (Å²) >= 11 is 0. The first-order chi connectivity index (χ1) is 13.1. The Kier molecular flexibility index (Phi) is 4.28. The zero-order valence-corrected chi connectivity index (χ0v) is 14.7. The van der Waals surface area contributed by atoms with Crippen LogP contribution in [0.4, 0.5) is 0 Å². The van der Waals surface area contributed by atoms with Crippen molar-refractivity contribution in [1.82, 2.24) is 0 Å². The third-order valence-electron chi connectivity index (χ3n) is 5.27. The largest absolute Gasteiger partial charge is 0.293 e. The molecule has 0 amide bonds. The van der Waals surface area contributed by atoms with Crippen molar-refractivity contribution in [2.24, 2.45) is 5.41 Å². The van der Waals surface area contributed by atoms with Crippen LogP contribution in [0.1, 0.15) is 43.1 Å². The average molecular weight is 354 g/mol. The van der Waals surface area contributed by atoms with E-state index in [2.05, 4.69) is 0 Å². The highest BCUT2D eigenvalue weighted by molar-refractivity contribution is 6.36. The lowest BCUT2D eigenvalue weighted by molar-refractivity contribution is 0.0564. The molecule has 0 heterocycles. The van der Waals surface area contributed by atoms with E-state index in [0.717, 1.165) is 5.56 Å². The third-order valence-corrected chi connectivity index (χ3v) is 5.27. The van der Waals surface area contributed by atoms with E-state index in [-0.39, 0.29) is 6.42 Å². The lowest BCUT2D eigenvalue weighted by atomic mass is 9.63. The number of benzene rings is 3. The standard InChI is InChI=1S/C24H18O3/c25-21(18-10-3-1-4-11-18)24(22(26)19-12-5-2-6-13-19)16-15-17-9-7-8-14-20(17)23(24)27/h1-14H,15-16H2. The molecule has 0 atom stereocenters. The first-order valence-electron chi connectivity index (χ1n) is 8.97. The summed E-state index contributed by atoms with van der Waals surface area (Å²) in [5.41, 5.74) is 0.415. The van der Waals surface area contributed by atoms with Crippen LogP contribution in [0.15, 0.2) is 84.9 Å². The third kappa shape index (κ3) is 2.72. The molecule has 0 unspecified atom stereocenters. The highest BCUT2D eigenvalue weighted by atomic mass is 16.2. The van der Waals surface area contributed by atoms with Crippen molar-refractivity contribution >= 4 is 17.3 Å². The summed E-state index contributed by atoms with van der Waals surface area (Å²) in [5, 5.41) is 0. The number of ketones is 3. The van der Waals surface area contributed by atoms with E-state index in [0.29, 0.717) is 23.1 Å². The van der Waals surface area contributed by atoms with Crippen LogP contribution in [-0.4, -0.2) is 17.3 Å². The van der Waals surface area contributed by atoms with Crippen molar-refractivity contribution in [1.29, 1.82) is 0 Å². The van der Waals surface area contributed by atoms with Crippen LogP contribution in [0.2, 0.25) is 0 Å². The van der Waals surface area contributed by atoms with E-state index in [9.17, 15) is 14.4 Å². The fourth-order valence-corrected chi connectivity index (χ4v) is 3.83. The molecule has 4 rings (SSSR count). The van der Waals surface area contributed by atoms with Gasteiger partial charge in [-0.15, -0.1) is 0 Å². The van der Waals surface area contributed by atoms with Gasteiger partial charge < -0.3 is 0 Å². The molecule has 0 aliphatic heterocycles.